The summed E-state index contributed by atoms with van der Waals surface area (Å²) in [6, 6.07) is 5.00. The van der Waals surface area contributed by atoms with Gasteiger partial charge in [-0.25, -0.2) is 4.79 Å². The first-order valence-corrected chi connectivity index (χ1v) is 3.16. The number of carbonyl (C=O) groups is 2. The van der Waals surface area contributed by atoms with Crippen LogP contribution in [-0.2, 0) is 13.5 Å². The Hall–Kier alpha value is -0.530. The Morgan fingerprint density at radius 1 is 1.20 bits per heavy atom. The van der Waals surface area contributed by atoms with Gasteiger partial charge in [0.1, 0.15) is 0 Å². The minimum atomic E-state index is -1.38. The van der Waals surface area contributed by atoms with Gasteiger partial charge in [0.05, 0.1) is 11.5 Å². The van der Waals surface area contributed by atoms with Crippen LogP contribution in [0.15, 0.2) is 24.3 Å². The molecule has 1 aromatic rings. The maximum atomic E-state index is 10.4. The van der Waals surface area contributed by atoms with E-state index in [1.807, 2.05) is 0 Å². The molecule has 0 radical (unpaired) electrons. The summed E-state index contributed by atoms with van der Waals surface area (Å²) in [5.41, 5.74) is -0.188. The molecule has 2 N–H and O–H groups in total. The van der Waals surface area contributed by atoms with Gasteiger partial charge < -0.3 is 20.5 Å². The SMILES string of the molecule is O=C([O-])c1cccc(C(=O)O)c1.[Na+].[OH-].[SH3+]. The Morgan fingerprint density at radius 2 is 1.67 bits per heavy atom. The number of aromatic carboxylic acids is 2. The van der Waals surface area contributed by atoms with E-state index in [0.717, 1.165) is 6.07 Å². The Bertz CT molecular complexity index is 312. The number of rotatable bonds is 2. The summed E-state index contributed by atoms with van der Waals surface area (Å²) in [6.45, 7) is 0. The molecule has 0 aliphatic heterocycles. The molecule has 0 heterocycles. The third-order valence-corrected chi connectivity index (χ3v) is 1.35. The second kappa shape index (κ2) is 8.75. The van der Waals surface area contributed by atoms with Crippen LogP contribution in [0, 0.1) is 0 Å². The van der Waals surface area contributed by atoms with Gasteiger partial charge in [0, 0.05) is 0 Å². The predicted molar refractivity (Wildman–Crippen MR) is 51.2 cm³/mol. The largest absolute Gasteiger partial charge is 1.00 e. The van der Waals surface area contributed by atoms with E-state index in [4.69, 9.17) is 5.11 Å². The normalized spacial score (nSPS) is 7.47. The van der Waals surface area contributed by atoms with Crippen molar-refractivity contribution in [3.8, 4) is 0 Å². The molecule has 1 rings (SSSR count). The summed E-state index contributed by atoms with van der Waals surface area (Å²) < 4.78 is 0. The molecule has 78 valence electrons. The summed E-state index contributed by atoms with van der Waals surface area (Å²) in [5.74, 6) is -2.53. The van der Waals surface area contributed by atoms with Gasteiger partial charge in [-0.2, -0.15) is 0 Å². The van der Waals surface area contributed by atoms with E-state index in [-0.39, 0.29) is 59.7 Å². The van der Waals surface area contributed by atoms with Gasteiger partial charge in [0.2, 0.25) is 0 Å². The van der Waals surface area contributed by atoms with Crippen molar-refractivity contribution in [2.24, 2.45) is 0 Å². The van der Waals surface area contributed by atoms with Gasteiger partial charge in [-0.15, -0.1) is 0 Å². The minimum Gasteiger partial charge on any atom is -0.870 e. The molecule has 0 unspecified atom stereocenters. The van der Waals surface area contributed by atoms with Crippen LogP contribution in [0.5, 0.6) is 0 Å². The molecule has 15 heavy (non-hydrogen) atoms. The third-order valence-electron chi connectivity index (χ3n) is 1.35. The molecule has 0 fully saturated rings. The Balaban J connectivity index is -0.000000480. The predicted octanol–water partition coefficient (Wildman–Crippen LogP) is -4.23. The Labute approximate surface area is 115 Å². The van der Waals surface area contributed by atoms with Crippen LogP contribution in [0.3, 0.4) is 0 Å². The van der Waals surface area contributed by atoms with Crippen molar-refractivity contribution in [2.75, 3.05) is 0 Å². The Kier molecular flexibility index (Phi) is 11.6. The number of carbonyl (C=O) groups excluding carboxylic acids is 1. The van der Waals surface area contributed by atoms with E-state index < -0.39 is 11.9 Å². The molecule has 5 nitrogen and oxygen atoms in total. The summed E-state index contributed by atoms with van der Waals surface area (Å²) in [5, 5.41) is 18.7. The zero-order valence-electron chi connectivity index (χ0n) is 8.01. The monoisotopic (exact) mass is 240 g/mol. The average Bonchev–Trinajstić information content (AvgIpc) is 2.04. The smallest absolute Gasteiger partial charge is 0.870 e. The van der Waals surface area contributed by atoms with E-state index in [1.54, 1.807) is 0 Å². The molecule has 0 spiro atoms. The summed E-state index contributed by atoms with van der Waals surface area (Å²) >= 11 is 0. The van der Waals surface area contributed by atoms with Crippen LogP contribution < -0.4 is 34.7 Å². The van der Waals surface area contributed by atoms with Crippen molar-refractivity contribution < 1.29 is 54.8 Å². The maximum absolute atomic E-state index is 10.4. The zero-order chi connectivity index (χ0) is 9.14. The summed E-state index contributed by atoms with van der Waals surface area (Å²) in [7, 11) is 0. The number of carboxylic acid groups (broad SMARTS) is 2. The second-order valence-corrected chi connectivity index (χ2v) is 2.17. The summed E-state index contributed by atoms with van der Waals surface area (Å²) in [4.78, 5) is 20.6. The molecule has 0 aromatic heterocycles. The number of benzene rings is 1. The topological polar surface area (TPSA) is 107 Å². The number of hydrogen-bond donors (Lipinski definition) is 1. The van der Waals surface area contributed by atoms with Gasteiger partial charge >= 0.3 is 35.5 Å². The van der Waals surface area contributed by atoms with Gasteiger partial charge in [0.25, 0.3) is 0 Å². The van der Waals surface area contributed by atoms with Crippen molar-refractivity contribution in [2.45, 2.75) is 0 Å². The summed E-state index contributed by atoms with van der Waals surface area (Å²) in [6.07, 6.45) is 0. The molecule has 7 heteroatoms. The molecule has 1 aromatic carbocycles. The van der Waals surface area contributed by atoms with Crippen LogP contribution in [0.1, 0.15) is 20.7 Å². The average molecular weight is 240 g/mol. The van der Waals surface area contributed by atoms with Gasteiger partial charge in [-0.05, 0) is 17.7 Å². The number of carboxylic acids is 2. The van der Waals surface area contributed by atoms with Crippen molar-refractivity contribution >= 4 is 25.4 Å². The van der Waals surface area contributed by atoms with E-state index in [0.29, 0.717) is 0 Å². The Morgan fingerprint density at radius 3 is 2.07 bits per heavy atom. The van der Waals surface area contributed by atoms with Crippen molar-refractivity contribution in [3.05, 3.63) is 35.4 Å². The number of hydrogen-bond acceptors (Lipinski definition) is 4. The van der Waals surface area contributed by atoms with E-state index in [9.17, 15) is 14.7 Å². The van der Waals surface area contributed by atoms with E-state index >= 15 is 0 Å². The molecular weight excluding hydrogens is 231 g/mol. The molecule has 0 amide bonds. The van der Waals surface area contributed by atoms with Crippen LogP contribution in [0.2, 0.25) is 0 Å². The zero-order valence-corrected chi connectivity index (χ0v) is 11.2. The van der Waals surface area contributed by atoms with Crippen molar-refractivity contribution in [1.29, 1.82) is 0 Å². The van der Waals surface area contributed by atoms with Crippen LogP contribution in [0.4, 0.5) is 0 Å². The van der Waals surface area contributed by atoms with Crippen LogP contribution in [-0.4, -0.2) is 22.5 Å². The maximum Gasteiger partial charge on any atom is 1.00 e. The molecule has 0 saturated carbocycles. The second-order valence-electron chi connectivity index (χ2n) is 2.17. The quantitative estimate of drug-likeness (QED) is 0.416. The molecule has 0 aliphatic carbocycles. The van der Waals surface area contributed by atoms with E-state index in [2.05, 4.69) is 0 Å². The molecule has 0 atom stereocenters. The van der Waals surface area contributed by atoms with Gasteiger partial charge in [0.15, 0.2) is 0 Å². The minimum absolute atomic E-state index is 0. The van der Waals surface area contributed by atoms with Crippen molar-refractivity contribution in [3.63, 3.8) is 0 Å². The third kappa shape index (κ3) is 5.81. The fourth-order valence-electron chi connectivity index (χ4n) is 0.779. The molecular formula is C8H9NaO5S. The molecule has 0 aliphatic rings. The molecule has 0 saturated heterocycles. The van der Waals surface area contributed by atoms with Crippen molar-refractivity contribution in [1.82, 2.24) is 0 Å². The first kappa shape index (κ1) is 20.0. The standard InChI is InChI=1S/C8H6O4.Na.H2O.H2S/c9-7(10)5-2-1-3-6(4-5)8(11)12;;;/h1-4H,(H,9,10)(H,11,12);;2*1H2/q;+1;;/p-1. The first-order valence-electron chi connectivity index (χ1n) is 3.16. The van der Waals surface area contributed by atoms with E-state index in [1.165, 1.54) is 18.2 Å². The first-order chi connectivity index (χ1) is 5.61. The van der Waals surface area contributed by atoms with Gasteiger partial charge in [-0.3, -0.25) is 0 Å². The van der Waals surface area contributed by atoms with Gasteiger partial charge in [-0.1, -0.05) is 25.6 Å². The van der Waals surface area contributed by atoms with Crippen LogP contribution >= 0.6 is 0 Å². The molecule has 0 bridgehead atoms. The fraction of sp³-hybridized carbons (Fsp3) is 0. The fourth-order valence-corrected chi connectivity index (χ4v) is 0.779. The van der Waals surface area contributed by atoms with Crippen LogP contribution in [0.25, 0.3) is 0 Å².